The molecule has 1 aromatic heterocycles. The normalized spacial score (nSPS) is 17.3. The molecule has 0 aliphatic carbocycles. The Morgan fingerprint density at radius 3 is 2.39 bits per heavy atom. The first-order valence-corrected chi connectivity index (χ1v) is 12.1. The summed E-state index contributed by atoms with van der Waals surface area (Å²) in [4.78, 5) is 35.3. The quantitative estimate of drug-likeness (QED) is 0.264. The molecule has 1 fully saturated rings. The van der Waals surface area contributed by atoms with Crippen LogP contribution in [0.1, 0.15) is 11.1 Å². The minimum Gasteiger partial charge on any atom is -0.492 e. The van der Waals surface area contributed by atoms with Gasteiger partial charge in [-0.25, -0.2) is 0 Å². The second kappa shape index (κ2) is 9.82. The number of imide groups is 1. The number of hydrogen-bond donors (Lipinski definition) is 1. The third kappa shape index (κ3) is 4.94. The molecule has 1 aliphatic heterocycles. The molecule has 0 saturated carbocycles. The summed E-state index contributed by atoms with van der Waals surface area (Å²) in [5, 5.41) is 18.1. The van der Waals surface area contributed by atoms with Crippen molar-refractivity contribution < 1.29 is 19.2 Å². The van der Waals surface area contributed by atoms with Crippen molar-refractivity contribution in [1.29, 1.82) is 0 Å². The lowest BCUT2D eigenvalue weighted by Crippen LogP contribution is -2.40. The van der Waals surface area contributed by atoms with Gasteiger partial charge in [0.15, 0.2) is 0 Å². The molecule has 1 unspecified atom stereocenters. The van der Waals surface area contributed by atoms with Crippen LogP contribution in [-0.2, 0) is 24.2 Å². The Bertz CT molecular complexity index is 1440. The van der Waals surface area contributed by atoms with E-state index in [-0.39, 0.29) is 16.8 Å². The van der Waals surface area contributed by atoms with Crippen molar-refractivity contribution in [2.24, 2.45) is 0 Å². The number of nitro benzene ring substituents is 1. The van der Waals surface area contributed by atoms with E-state index in [0.29, 0.717) is 37.1 Å². The van der Waals surface area contributed by atoms with Gasteiger partial charge in [0.2, 0.25) is 5.91 Å². The van der Waals surface area contributed by atoms with E-state index in [1.165, 1.54) is 12.1 Å². The number of nitro groups is 1. The molecule has 36 heavy (non-hydrogen) atoms. The zero-order chi connectivity index (χ0) is 25.1. The molecular formula is C26H22N4O5S. The Kier molecular flexibility index (Phi) is 6.43. The van der Waals surface area contributed by atoms with Gasteiger partial charge in [0, 0.05) is 17.5 Å². The van der Waals surface area contributed by atoms with Gasteiger partial charge in [-0.2, -0.15) is 5.10 Å². The molecular weight excluding hydrogens is 480 g/mol. The van der Waals surface area contributed by atoms with Crippen molar-refractivity contribution in [3.63, 3.8) is 0 Å². The highest BCUT2D eigenvalue weighted by atomic mass is 32.2. The molecule has 1 saturated heterocycles. The first-order valence-electron chi connectivity index (χ1n) is 11.3. The molecule has 5 rings (SSSR count). The number of benzene rings is 3. The van der Waals surface area contributed by atoms with Crippen LogP contribution in [0.15, 0.2) is 79.0 Å². The van der Waals surface area contributed by atoms with Crippen molar-refractivity contribution in [1.82, 2.24) is 15.1 Å². The summed E-state index contributed by atoms with van der Waals surface area (Å²) in [7, 11) is 0. The highest BCUT2D eigenvalue weighted by Crippen LogP contribution is 2.38. The average Bonchev–Trinajstić information content (AvgIpc) is 3.39. The summed E-state index contributed by atoms with van der Waals surface area (Å²) in [6.45, 7) is 0.833. The molecule has 0 spiro atoms. The number of aromatic nitrogens is 2. The minimum absolute atomic E-state index is 0.0294. The predicted molar refractivity (Wildman–Crippen MR) is 136 cm³/mol. The third-order valence-electron chi connectivity index (χ3n) is 6.07. The molecule has 2 heterocycles. The van der Waals surface area contributed by atoms with E-state index >= 15 is 0 Å². The molecule has 10 heteroatoms. The molecule has 1 N–H and O–H groups in total. The Balaban J connectivity index is 1.23. The van der Waals surface area contributed by atoms with Crippen molar-refractivity contribution >= 4 is 39.5 Å². The summed E-state index contributed by atoms with van der Waals surface area (Å²) in [6, 6.07) is 21.8. The SMILES string of the molecule is O=C1NC(=O)C(Cc2ccccc2)(Cc2ccc(OCCn3ncc4cc([N+](=O)[O-])ccc43)cc2)S1. The van der Waals surface area contributed by atoms with Crippen LogP contribution >= 0.6 is 11.8 Å². The number of hydrogen-bond acceptors (Lipinski definition) is 7. The summed E-state index contributed by atoms with van der Waals surface area (Å²) in [5.41, 5.74) is 2.75. The summed E-state index contributed by atoms with van der Waals surface area (Å²) >= 11 is 1.05. The molecule has 9 nitrogen and oxygen atoms in total. The van der Waals surface area contributed by atoms with Crippen molar-refractivity contribution in [2.45, 2.75) is 24.1 Å². The van der Waals surface area contributed by atoms with Crippen molar-refractivity contribution in [2.75, 3.05) is 6.61 Å². The molecule has 0 radical (unpaired) electrons. The molecule has 3 aromatic carbocycles. The van der Waals surface area contributed by atoms with Crippen LogP contribution in [0.5, 0.6) is 5.75 Å². The lowest BCUT2D eigenvalue weighted by molar-refractivity contribution is -0.384. The zero-order valence-corrected chi connectivity index (χ0v) is 19.9. The standard InChI is InChI=1S/C26H22N4O5S/c31-24-26(36-25(32)28-24,15-18-4-2-1-3-5-18)16-19-6-9-22(10-7-19)35-13-12-29-23-11-8-21(30(33)34)14-20(23)17-27-29/h1-11,14,17H,12-13,15-16H2,(H,28,31,32). The lowest BCUT2D eigenvalue weighted by Gasteiger charge is -2.24. The van der Waals surface area contributed by atoms with Crippen LogP contribution in [0.25, 0.3) is 10.9 Å². The smallest absolute Gasteiger partial charge is 0.286 e. The highest BCUT2D eigenvalue weighted by Gasteiger charge is 2.47. The Hall–Kier alpha value is -4.18. The number of rotatable bonds is 9. The monoisotopic (exact) mass is 502 g/mol. The van der Waals surface area contributed by atoms with Crippen LogP contribution in [0.3, 0.4) is 0 Å². The summed E-state index contributed by atoms with van der Waals surface area (Å²) in [6.07, 6.45) is 2.47. The van der Waals surface area contributed by atoms with Gasteiger partial charge in [0.1, 0.15) is 17.1 Å². The summed E-state index contributed by atoms with van der Waals surface area (Å²) < 4.78 is 6.72. The van der Waals surface area contributed by atoms with Crippen LogP contribution in [-0.4, -0.2) is 37.2 Å². The first-order chi connectivity index (χ1) is 17.4. The number of nitrogens with zero attached hydrogens (tertiary/aromatic N) is 3. The first kappa shape index (κ1) is 23.6. The van der Waals surface area contributed by atoms with E-state index < -0.39 is 9.67 Å². The molecule has 2 amide bonds. The second-order valence-corrected chi connectivity index (χ2v) is 9.89. The van der Waals surface area contributed by atoms with Gasteiger partial charge >= 0.3 is 0 Å². The number of nitrogens with one attached hydrogen (secondary N) is 1. The second-order valence-electron chi connectivity index (χ2n) is 8.54. The molecule has 1 atom stereocenters. The Labute approximate surface area is 210 Å². The van der Waals surface area contributed by atoms with Gasteiger partial charge in [-0.05, 0) is 53.9 Å². The van der Waals surface area contributed by atoms with Crippen LogP contribution in [0.2, 0.25) is 0 Å². The van der Waals surface area contributed by atoms with Crippen molar-refractivity contribution in [3.8, 4) is 5.75 Å². The fourth-order valence-corrected chi connectivity index (χ4v) is 5.45. The maximum Gasteiger partial charge on any atom is 0.286 e. The van der Waals surface area contributed by atoms with Crippen LogP contribution in [0, 0.1) is 10.1 Å². The highest BCUT2D eigenvalue weighted by molar-refractivity contribution is 8.16. The number of carbonyl (C=O) groups excluding carboxylic acids is 2. The van der Waals surface area contributed by atoms with Gasteiger partial charge < -0.3 is 4.74 Å². The van der Waals surface area contributed by atoms with Crippen molar-refractivity contribution in [3.05, 3.63) is 100 Å². The lowest BCUT2D eigenvalue weighted by atomic mass is 9.90. The Morgan fingerprint density at radius 1 is 1.00 bits per heavy atom. The number of thioether (sulfide) groups is 1. The molecule has 182 valence electrons. The third-order valence-corrected chi connectivity index (χ3v) is 7.22. The van der Waals surface area contributed by atoms with Gasteiger partial charge in [-0.3, -0.25) is 29.7 Å². The maximum absolute atomic E-state index is 12.8. The molecule has 0 bridgehead atoms. The largest absolute Gasteiger partial charge is 0.492 e. The number of amides is 2. The zero-order valence-electron chi connectivity index (χ0n) is 19.1. The fraction of sp³-hybridized carbons (Fsp3) is 0.192. The number of fused-ring (bicyclic) bond motifs is 1. The van der Waals surface area contributed by atoms with Crippen LogP contribution in [0.4, 0.5) is 10.5 Å². The maximum atomic E-state index is 12.8. The van der Waals surface area contributed by atoms with Gasteiger partial charge in [0.05, 0.1) is 23.2 Å². The van der Waals surface area contributed by atoms with Crippen LogP contribution < -0.4 is 10.1 Å². The van der Waals surface area contributed by atoms with E-state index in [2.05, 4.69) is 10.4 Å². The number of non-ortho nitro benzene ring substituents is 1. The van der Waals surface area contributed by atoms with E-state index in [4.69, 9.17) is 4.74 Å². The topological polar surface area (TPSA) is 116 Å². The van der Waals surface area contributed by atoms with Gasteiger partial charge in [-0.1, -0.05) is 42.5 Å². The van der Waals surface area contributed by atoms with E-state index in [1.54, 1.807) is 16.9 Å². The van der Waals surface area contributed by atoms with Gasteiger partial charge in [-0.15, -0.1) is 0 Å². The fourth-order valence-electron chi connectivity index (χ4n) is 4.33. The van der Waals surface area contributed by atoms with E-state index in [1.807, 2.05) is 54.6 Å². The molecule has 4 aromatic rings. The predicted octanol–water partition coefficient (Wildman–Crippen LogP) is 4.53. The number of carbonyl (C=O) groups is 2. The summed E-state index contributed by atoms with van der Waals surface area (Å²) in [5.74, 6) is 0.404. The number of ether oxygens (including phenoxy) is 1. The Morgan fingerprint density at radius 2 is 1.72 bits per heavy atom. The average molecular weight is 503 g/mol. The minimum atomic E-state index is -0.892. The molecule has 1 aliphatic rings. The van der Waals surface area contributed by atoms with Gasteiger partial charge in [0.25, 0.3) is 10.9 Å². The van der Waals surface area contributed by atoms with E-state index in [0.717, 1.165) is 28.4 Å². The van der Waals surface area contributed by atoms with E-state index in [9.17, 15) is 19.7 Å².